The summed E-state index contributed by atoms with van der Waals surface area (Å²) in [5, 5.41) is 9.27. The minimum absolute atomic E-state index is 0.0507. The maximum Gasteiger partial charge on any atom is 0.295 e. The van der Waals surface area contributed by atoms with Gasteiger partial charge in [-0.1, -0.05) is 36.4 Å². The second-order valence-corrected chi connectivity index (χ2v) is 8.20. The van der Waals surface area contributed by atoms with Crippen LogP contribution in [0.15, 0.2) is 83.0 Å². The Morgan fingerprint density at radius 2 is 1.85 bits per heavy atom. The first-order valence-electron chi connectivity index (χ1n) is 10.1. The van der Waals surface area contributed by atoms with Gasteiger partial charge >= 0.3 is 0 Å². The number of carbonyl (C=O) groups is 1. The Labute approximate surface area is 192 Å². The molecule has 0 unspecified atom stereocenters. The average molecular weight is 455 g/mol. The largest absolute Gasteiger partial charge is 0.319 e. The zero-order chi connectivity index (χ0) is 22.8. The lowest BCUT2D eigenvalue weighted by atomic mass is 10.2. The number of benzene rings is 2. The maximum atomic E-state index is 13.0. The number of nitrogens with one attached hydrogen (secondary N) is 2. The van der Waals surface area contributed by atoms with E-state index in [1.807, 2.05) is 53.9 Å². The van der Waals surface area contributed by atoms with E-state index in [9.17, 15) is 9.59 Å². The van der Waals surface area contributed by atoms with Gasteiger partial charge < -0.3 is 10.3 Å². The van der Waals surface area contributed by atoms with Crippen LogP contribution in [0.2, 0.25) is 0 Å². The van der Waals surface area contributed by atoms with Crippen molar-refractivity contribution < 1.29 is 4.79 Å². The van der Waals surface area contributed by atoms with Gasteiger partial charge in [-0.15, -0.1) is 16.4 Å². The molecule has 8 nitrogen and oxygen atoms in total. The van der Waals surface area contributed by atoms with Crippen LogP contribution in [0.4, 0.5) is 5.69 Å². The number of aryl methyl sites for hydroxylation is 1. The van der Waals surface area contributed by atoms with Gasteiger partial charge in [0.1, 0.15) is 5.82 Å². The molecule has 2 aromatic carbocycles. The van der Waals surface area contributed by atoms with Gasteiger partial charge in [0.2, 0.25) is 5.82 Å². The van der Waals surface area contributed by atoms with E-state index in [2.05, 4.69) is 25.4 Å². The molecular weight excluding hydrogens is 436 g/mol. The normalized spacial score (nSPS) is 10.8. The highest BCUT2D eigenvalue weighted by atomic mass is 32.1. The number of anilines is 1. The van der Waals surface area contributed by atoms with Crippen molar-refractivity contribution in [1.82, 2.24) is 24.7 Å². The summed E-state index contributed by atoms with van der Waals surface area (Å²) in [6.07, 6.45) is 0. The fourth-order valence-corrected chi connectivity index (χ4v) is 4.07. The number of aromatic nitrogens is 5. The Bertz CT molecular complexity index is 1490. The third-order valence-electron chi connectivity index (χ3n) is 4.82. The number of nitrogens with zero attached hydrogens (tertiary/aromatic N) is 4. The molecule has 3 heterocycles. The van der Waals surface area contributed by atoms with Gasteiger partial charge in [0.15, 0.2) is 5.82 Å². The van der Waals surface area contributed by atoms with E-state index in [1.54, 1.807) is 29.8 Å². The fraction of sp³-hybridized carbons (Fsp3) is 0.0417. The highest BCUT2D eigenvalue weighted by Crippen LogP contribution is 2.26. The number of hydrogen-bond donors (Lipinski definition) is 2. The SMILES string of the molecule is Cc1cc(=O)[nH]c(-c2cccc(NC(=O)c3nc(-c4cccs4)n(-c4ccccc4)n3)c2)n1. The maximum absolute atomic E-state index is 13.0. The summed E-state index contributed by atoms with van der Waals surface area (Å²) >= 11 is 1.52. The predicted molar refractivity (Wildman–Crippen MR) is 128 cm³/mol. The minimum Gasteiger partial charge on any atom is -0.319 e. The van der Waals surface area contributed by atoms with Crippen molar-refractivity contribution in [3.8, 4) is 27.8 Å². The van der Waals surface area contributed by atoms with Crippen molar-refractivity contribution in [3.05, 3.63) is 100 Å². The number of H-pyrrole nitrogens is 1. The first kappa shape index (κ1) is 20.5. The van der Waals surface area contributed by atoms with Crippen LogP contribution >= 0.6 is 11.3 Å². The summed E-state index contributed by atoms with van der Waals surface area (Å²) in [6, 6.07) is 21.9. The lowest BCUT2D eigenvalue weighted by molar-refractivity contribution is 0.101. The molecule has 0 atom stereocenters. The molecule has 0 spiro atoms. The highest BCUT2D eigenvalue weighted by molar-refractivity contribution is 7.13. The second-order valence-electron chi connectivity index (χ2n) is 7.25. The summed E-state index contributed by atoms with van der Waals surface area (Å²) in [4.78, 5) is 37.3. The number of amides is 1. The van der Waals surface area contributed by atoms with Crippen molar-refractivity contribution in [3.63, 3.8) is 0 Å². The van der Waals surface area contributed by atoms with E-state index in [1.165, 1.54) is 17.4 Å². The van der Waals surface area contributed by atoms with Crippen LogP contribution < -0.4 is 10.9 Å². The van der Waals surface area contributed by atoms with Gasteiger partial charge in [0, 0.05) is 23.0 Å². The molecular formula is C24H18N6O2S. The molecule has 0 saturated heterocycles. The molecule has 162 valence electrons. The smallest absolute Gasteiger partial charge is 0.295 e. The van der Waals surface area contributed by atoms with E-state index in [4.69, 9.17) is 0 Å². The Hall–Kier alpha value is -4.37. The van der Waals surface area contributed by atoms with Crippen LogP contribution in [-0.4, -0.2) is 30.6 Å². The fourth-order valence-electron chi connectivity index (χ4n) is 3.37. The first-order valence-corrected chi connectivity index (χ1v) is 11.0. The van der Waals surface area contributed by atoms with Crippen molar-refractivity contribution in [1.29, 1.82) is 0 Å². The summed E-state index contributed by atoms with van der Waals surface area (Å²) in [5.74, 6) is 0.638. The Kier molecular flexibility index (Phi) is 5.37. The summed E-state index contributed by atoms with van der Waals surface area (Å²) < 4.78 is 1.67. The molecule has 9 heteroatoms. The zero-order valence-electron chi connectivity index (χ0n) is 17.5. The molecule has 0 aliphatic heterocycles. The third-order valence-corrected chi connectivity index (χ3v) is 5.68. The van der Waals surface area contributed by atoms with Gasteiger partial charge in [-0.25, -0.2) is 14.6 Å². The zero-order valence-corrected chi connectivity index (χ0v) is 18.3. The molecule has 0 bridgehead atoms. The molecule has 0 radical (unpaired) electrons. The van der Waals surface area contributed by atoms with E-state index in [0.717, 1.165) is 10.6 Å². The summed E-state index contributed by atoms with van der Waals surface area (Å²) in [5.41, 5.74) is 2.40. The molecule has 5 rings (SSSR count). The van der Waals surface area contributed by atoms with Gasteiger partial charge in [-0.2, -0.15) is 0 Å². The monoisotopic (exact) mass is 454 g/mol. The van der Waals surface area contributed by atoms with Gasteiger partial charge in [0.05, 0.1) is 10.6 Å². The van der Waals surface area contributed by atoms with E-state index in [0.29, 0.717) is 28.6 Å². The van der Waals surface area contributed by atoms with E-state index in [-0.39, 0.29) is 11.4 Å². The number of para-hydroxylation sites is 1. The number of aromatic amines is 1. The van der Waals surface area contributed by atoms with Crippen molar-refractivity contribution in [2.45, 2.75) is 6.92 Å². The van der Waals surface area contributed by atoms with Crippen molar-refractivity contribution in [2.75, 3.05) is 5.32 Å². The lowest BCUT2D eigenvalue weighted by Crippen LogP contribution is -2.14. The first-order chi connectivity index (χ1) is 16.1. The number of rotatable bonds is 5. The van der Waals surface area contributed by atoms with Gasteiger partial charge in [0.25, 0.3) is 11.5 Å². The number of carbonyl (C=O) groups excluding carboxylic acids is 1. The number of hydrogen-bond acceptors (Lipinski definition) is 6. The molecule has 0 saturated carbocycles. The van der Waals surface area contributed by atoms with E-state index < -0.39 is 5.91 Å². The standard InChI is InChI=1S/C24H18N6O2S/c1-15-13-20(31)27-21(25-15)16-7-5-8-17(14-16)26-24(32)22-28-23(19-11-6-12-33-19)30(29-22)18-9-3-2-4-10-18/h2-14H,1H3,(H,26,32)(H,25,27,31). The van der Waals surface area contributed by atoms with Crippen molar-refractivity contribution >= 4 is 22.9 Å². The predicted octanol–water partition coefficient (Wildman–Crippen LogP) is 4.31. The van der Waals surface area contributed by atoms with Crippen LogP contribution in [0.25, 0.3) is 27.8 Å². The van der Waals surface area contributed by atoms with Crippen LogP contribution in [0.5, 0.6) is 0 Å². The van der Waals surface area contributed by atoms with Gasteiger partial charge in [-0.05, 0) is 42.6 Å². The molecule has 0 fully saturated rings. The third kappa shape index (κ3) is 4.35. The van der Waals surface area contributed by atoms with E-state index >= 15 is 0 Å². The van der Waals surface area contributed by atoms with Crippen LogP contribution in [-0.2, 0) is 0 Å². The highest BCUT2D eigenvalue weighted by Gasteiger charge is 2.19. The Morgan fingerprint density at radius 1 is 1.00 bits per heavy atom. The molecule has 1 amide bonds. The lowest BCUT2D eigenvalue weighted by Gasteiger charge is -2.06. The summed E-state index contributed by atoms with van der Waals surface area (Å²) in [7, 11) is 0. The summed E-state index contributed by atoms with van der Waals surface area (Å²) in [6.45, 7) is 1.75. The Morgan fingerprint density at radius 3 is 2.61 bits per heavy atom. The molecule has 33 heavy (non-hydrogen) atoms. The van der Waals surface area contributed by atoms with Crippen molar-refractivity contribution in [2.24, 2.45) is 0 Å². The minimum atomic E-state index is -0.440. The van der Waals surface area contributed by atoms with Crippen LogP contribution in [0, 0.1) is 6.92 Å². The quantitative estimate of drug-likeness (QED) is 0.412. The number of thiophene rings is 1. The topological polar surface area (TPSA) is 106 Å². The van der Waals surface area contributed by atoms with Crippen LogP contribution in [0.3, 0.4) is 0 Å². The second kappa shape index (κ2) is 8.64. The molecule has 5 aromatic rings. The molecule has 0 aliphatic rings. The molecule has 0 aliphatic carbocycles. The van der Waals surface area contributed by atoms with Crippen LogP contribution in [0.1, 0.15) is 16.3 Å². The molecule has 2 N–H and O–H groups in total. The Balaban J connectivity index is 1.47. The average Bonchev–Trinajstić information content (AvgIpc) is 3.49. The molecule has 3 aromatic heterocycles. The van der Waals surface area contributed by atoms with Gasteiger partial charge in [-0.3, -0.25) is 9.59 Å².